The number of unbranched alkanes of at least 4 members (excludes halogenated alkanes) is 3. The van der Waals surface area contributed by atoms with Gasteiger partial charge in [-0.05, 0) is 40.0 Å². The van der Waals surface area contributed by atoms with Gasteiger partial charge in [0.05, 0.1) is 11.7 Å². The molecule has 0 aromatic heterocycles. The molecule has 0 radical (unpaired) electrons. The van der Waals surface area contributed by atoms with Gasteiger partial charge < -0.3 is 10.1 Å². The molecule has 2 heteroatoms. The summed E-state index contributed by atoms with van der Waals surface area (Å²) in [7, 11) is 0. The quantitative estimate of drug-likeness (QED) is 0.651. The Morgan fingerprint density at radius 1 is 1.29 bits per heavy atom. The lowest BCUT2D eigenvalue weighted by molar-refractivity contribution is -0.0150. The lowest BCUT2D eigenvalue weighted by Crippen LogP contribution is -2.34. The molecule has 1 rings (SSSR count). The summed E-state index contributed by atoms with van der Waals surface area (Å²) in [6, 6.07) is 0.638. The zero-order valence-corrected chi connectivity index (χ0v) is 12.2. The summed E-state index contributed by atoms with van der Waals surface area (Å²) >= 11 is 0. The maximum absolute atomic E-state index is 5.98. The second-order valence-electron chi connectivity index (χ2n) is 6.20. The van der Waals surface area contributed by atoms with E-state index in [9.17, 15) is 0 Å². The first-order valence-corrected chi connectivity index (χ1v) is 7.44. The Bertz CT molecular complexity index is 203. The molecule has 2 unspecified atom stereocenters. The molecule has 0 amide bonds. The van der Waals surface area contributed by atoms with Crippen LogP contribution in [0.2, 0.25) is 0 Å². The molecule has 2 atom stereocenters. The largest absolute Gasteiger partial charge is 0.371 e. The van der Waals surface area contributed by atoms with Crippen molar-refractivity contribution in [2.75, 3.05) is 6.54 Å². The van der Waals surface area contributed by atoms with Gasteiger partial charge in [-0.1, -0.05) is 32.6 Å². The zero-order chi connectivity index (χ0) is 12.7. The average Bonchev–Trinajstić information content (AvgIpc) is 2.62. The summed E-state index contributed by atoms with van der Waals surface area (Å²) in [4.78, 5) is 0. The maximum atomic E-state index is 5.98. The summed E-state index contributed by atoms with van der Waals surface area (Å²) < 4.78 is 5.98. The van der Waals surface area contributed by atoms with E-state index < -0.39 is 0 Å². The predicted molar refractivity (Wildman–Crippen MR) is 74.4 cm³/mol. The van der Waals surface area contributed by atoms with Crippen molar-refractivity contribution in [1.82, 2.24) is 5.32 Å². The fourth-order valence-corrected chi connectivity index (χ4v) is 2.53. The van der Waals surface area contributed by atoms with E-state index in [-0.39, 0.29) is 5.60 Å². The molecular formula is C15H31NO. The molecule has 1 aliphatic heterocycles. The van der Waals surface area contributed by atoms with Crippen molar-refractivity contribution >= 4 is 0 Å². The molecule has 0 aromatic rings. The van der Waals surface area contributed by atoms with Crippen LogP contribution in [0.4, 0.5) is 0 Å². The van der Waals surface area contributed by atoms with Crippen LogP contribution in [0, 0.1) is 0 Å². The molecule has 17 heavy (non-hydrogen) atoms. The van der Waals surface area contributed by atoms with Gasteiger partial charge in [0.1, 0.15) is 0 Å². The fraction of sp³-hybridized carbons (Fsp3) is 1.00. The van der Waals surface area contributed by atoms with E-state index in [1.807, 2.05) is 0 Å². The molecule has 2 nitrogen and oxygen atoms in total. The number of nitrogens with one attached hydrogen (secondary N) is 1. The van der Waals surface area contributed by atoms with Crippen LogP contribution < -0.4 is 5.32 Å². The molecule has 0 aromatic carbocycles. The Hall–Kier alpha value is -0.0800. The van der Waals surface area contributed by atoms with Crippen LogP contribution in [-0.4, -0.2) is 24.3 Å². The third kappa shape index (κ3) is 6.42. The third-order valence-corrected chi connectivity index (χ3v) is 3.74. The number of hydrogen-bond acceptors (Lipinski definition) is 2. The van der Waals surface area contributed by atoms with Crippen molar-refractivity contribution in [2.45, 2.75) is 90.4 Å². The van der Waals surface area contributed by atoms with Crippen LogP contribution in [-0.2, 0) is 4.74 Å². The van der Waals surface area contributed by atoms with E-state index >= 15 is 0 Å². The van der Waals surface area contributed by atoms with Crippen LogP contribution in [0.5, 0.6) is 0 Å². The monoisotopic (exact) mass is 241 g/mol. The van der Waals surface area contributed by atoms with Gasteiger partial charge in [0.15, 0.2) is 0 Å². The molecular weight excluding hydrogens is 210 g/mol. The van der Waals surface area contributed by atoms with Gasteiger partial charge in [-0.2, -0.15) is 0 Å². The first-order valence-electron chi connectivity index (χ1n) is 7.44. The minimum absolute atomic E-state index is 0.108. The smallest absolute Gasteiger partial charge is 0.0707 e. The van der Waals surface area contributed by atoms with E-state index in [1.54, 1.807) is 0 Å². The van der Waals surface area contributed by atoms with Crippen molar-refractivity contribution in [1.29, 1.82) is 0 Å². The summed E-state index contributed by atoms with van der Waals surface area (Å²) in [5.41, 5.74) is 0.108. The van der Waals surface area contributed by atoms with Gasteiger partial charge >= 0.3 is 0 Å². The predicted octanol–water partition coefficient (Wildman–Crippen LogP) is 3.89. The highest BCUT2D eigenvalue weighted by molar-refractivity contribution is 4.82. The van der Waals surface area contributed by atoms with Crippen molar-refractivity contribution in [3.63, 3.8) is 0 Å². The second-order valence-corrected chi connectivity index (χ2v) is 6.20. The van der Waals surface area contributed by atoms with Crippen LogP contribution >= 0.6 is 0 Å². The van der Waals surface area contributed by atoms with Crippen molar-refractivity contribution in [3.8, 4) is 0 Å². The van der Waals surface area contributed by atoms with Crippen molar-refractivity contribution in [3.05, 3.63) is 0 Å². The molecule has 1 N–H and O–H groups in total. The molecule has 1 fully saturated rings. The number of hydrogen-bond donors (Lipinski definition) is 1. The summed E-state index contributed by atoms with van der Waals surface area (Å²) in [5, 5.41) is 3.61. The van der Waals surface area contributed by atoms with Gasteiger partial charge in [0.25, 0.3) is 0 Å². The van der Waals surface area contributed by atoms with E-state index in [0.717, 1.165) is 6.54 Å². The molecule has 0 saturated carbocycles. The van der Waals surface area contributed by atoms with Gasteiger partial charge in [-0.25, -0.2) is 0 Å². The van der Waals surface area contributed by atoms with Gasteiger partial charge in [0, 0.05) is 12.6 Å². The normalized spacial score (nSPS) is 25.1. The Balaban J connectivity index is 2.02. The molecule has 102 valence electrons. The standard InChI is InChI=1S/C15H31NO/c1-5-6-7-8-9-13(2)16-12-14-10-11-15(3,4)17-14/h13-14,16H,5-12H2,1-4H3. The summed E-state index contributed by atoms with van der Waals surface area (Å²) in [5.74, 6) is 0. The number of ether oxygens (including phenoxy) is 1. The highest BCUT2D eigenvalue weighted by Crippen LogP contribution is 2.28. The van der Waals surface area contributed by atoms with Gasteiger partial charge in [0.2, 0.25) is 0 Å². The number of rotatable bonds is 8. The SMILES string of the molecule is CCCCCCC(C)NCC1CCC(C)(C)O1. The Morgan fingerprint density at radius 2 is 2.06 bits per heavy atom. The average molecular weight is 241 g/mol. The summed E-state index contributed by atoms with van der Waals surface area (Å²) in [6.07, 6.45) is 9.60. The Kier molecular flexibility index (Phi) is 6.50. The minimum atomic E-state index is 0.108. The van der Waals surface area contributed by atoms with Gasteiger partial charge in [-0.3, -0.25) is 0 Å². The van der Waals surface area contributed by atoms with Crippen LogP contribution in [0.25, 0.3) is 0 Å². The molecule has 0 spiro atoms. The second kappa shape index (κ2) is 7.38. The van der Waals surface area contributed by atoms with E-state index in [2.05, 4.69) is 33.0 Å². The highest BCUT2D eigenvalue weighted by atomic mass is 16.5. The van der Waals surface area contributed by atoms with E-state index in [4.69, 9.17) is 4.74 Å². The van der Waals surface area contributed by atoms with E-state index in [0.29, 0.717) is 12.1 Å². The van der Waals surface area contributed by atoms with Crippen molar-refractivity contribution < 1.29 is 4.74 Å². The minimum Gasteiger partial charge on any atom is -0.371 e. The lowest BCUT2D eigenvalue weighted by Gasteiger charge is -2.21. The van der Waals surface area contributed by atoms with Gasteiger partial charge in [-0.15, -0.1) is 0 Å². The maximum Gasteiger partial charge on any atom is 0.0707 e. The van der Waals surface area contributed by atoms with E-state index in [1.165, 1.54) is 44.9 Å². The fourth-order valence-electron chi connectivity index (χ4n) is 2.53. The topological polar surface area (TPSA) is 21.3 Å². The molecule has 0 bridgehead atoms. The molecule has 1 heterocycles. The molecule has 1 saturated heterocycles. The van der Waals surface area contributed by atoms with Crippen LogP contribution in [0.15, 0.2) is 0 Å². The Morgan fingerprint density at radius 3 is 2.65 bits per heavy atom. The first kappa shape index (κ1) is 15.0. The third-order valence-electron chi connectivity index (χ3n) is 3.74. The van der Waals surface area contributed by atoms with Crippen LogP contribution in [0.3, 0.4) is 0 Å². The lowest BCUT2D eigenvalue weighted by atomic mass is 10.1. The zero-order valence-electron chi connectivity index (χ0n) is 12.2. The van der Waals surface area contributed by atoms with Crippen molar-refractivity contribution in [2.24, 2.45) is 0 Å². The summed E-state index contributed by atoms with van der Waals surface area (Å²) in [6.45, 7) is 9.98. The van der Waals surface area contributed by atoms with Crippen LogP contribution in [0.1, 0.15) is 72.6 Å². The molecule has 0 aliphatic carbocycles. The Labute approximate surface area is 108 Å². The highest BCUT2D eigenvalue weighted by Gasteiger charge is 2.31. The molecule has 1 aliphatic rings. The first-order chi connectivity index (χ1) is 8.03.